The number of carbonyl (C=O) groups is 1. The van der Waals surface area contributed by atoms with E-state index in [0.29, 0.717) is 12.3 Å². The topological polar surface area (TPSA) is 26.3 Å². The molecule has 0 N–H and O–H groups in total. The lowest BCUT2D eigenvalue weighted by Gasteiger charge is -2.37. The molecular weight excluding hydrogens is 188 g/mol. The average Bonchev–Trinajstić information content (AvgIpc) is 2.25. The van der Waals surface area contributed by atoms with Crippen molar-refractivity contribution in [2.45, 2.75) is 51.0 Å². The van der Waals surface area contributed by atoms with Crippen molar-refractivity contribution in [3.05, 3.63) is 12.7 Å². The molecule has 0 radical (unpaired) electrons. The SMILES string of the molecule is C=CCCC(=O)C1(OC)CCCC(C)C1. The number of Topliss-reactive ketones (excluding diaryl/α,β-unsaturated/α-hetero) is 1. The summed E-state index contributed by atoms with van der Waals surface area (Å²) in [5, 5.41) is 0. The molecule has 0 saturated heterocycles. The van der Waals surface area contributed by atoms with Crippen LogP contribution in [-0.2, 0) is 9.53 Å². The number of hydrogen-bond acceptors (Lipinski definition) is 2. The summed E-state index contributed by atoms with van der Waals surface area (Å²) < 4.78 is 5.52. The molecule has 1 rings (SSSR count). The first-order valence-corrected chi connectivity index (χ1v) is 5.84. The van der Waals surface area contributed by atoms with E-state index in [0.717, 1.165) is 25.7 Å². The average molecular weight is 210 g/mol. The molecule has 2 heteroatoms. The second-order valence-corrected chi connectivity index (χ2v) is 4.65. The van der Waals surface area contributed by atoms with Crippen LogP contribution in [0.5, 0.6) is 0 Å². The van der Waals surface area contributed by atoms with Crippen molar-refractivity contribution in [2.24, 2.45) is 5.92 Å². The lowest BCUT2D eigenvalue weighted by Crippen LogP contribution is -2.44. The zero-order valence-corrected chi connectivity index (χ0v) is 9.92. The van der Waals surface area contributed by atoms with Crippen molar-refractivity contribution in [3.63, 3.8) is 0 Å². The molecule has 0 bridgehead atoms. The fourth-order valence-electron chi connectivity index (χ4n) is 2.52. The zero-order valence-electron chi connectivity index (χ0n) is 9.92. The Labute approximate surface area is 92.7 Å². The second kappa shape index (κ2) is 5.45. The second-order valence-electron chi connectivity index (χ2n) is 4.65. The first-order chi connectivity index (χ1) is 7.14. The van der Waals surface area contributed by atoms with Gasteiger partial charge in [-0.2, -0.15) is 0 Å². The molecule has 2 atom stereocenters. The van der Waals surface area contributed by atoms with Crippen LogP contribution in [0, 0.1) is 5.92 Å². The van der Waals surface area contributed by atoms with Gasteiger partial charge in [-0.3, -0.25) is 4.79 Å². The molecule has 15 heavy (non-hydrogen) atoms. The van der Waals surface area contributed by atoms with Gasteiger partial charge in [0.15, 0.2) is 5.78 Å². The minimum absolute atomic E-state index is 0.261. The van der Waals surface area contributed by atoms with E-state index < -0.39 is 5.60 Å². The highest BCUT2D eigenvalue weighted by molar-refractivity contribution is 5.87. The minimum Gasteiger partial charge on any atom is -0.370 e. The van der Waals surface area contributed by atoms with Crippen LogP contribution in [0.15, 0.2) is 12.7 Å². The Morgan fingerprint density at radius 1 is 1.67 bits per heavy atom. The summed E-state index contributed by atoms with van der Waals surface area (Å²) in [7, 11) is 1.67. The van der Waals surface area contributed by atoms with E-state index in [1.165, 1.54) is 6.42 Å². The van der Waals surface area contributed by atoms with E-state index in [1.54, 1.807) is 13.2 Å². The van der Waals surface area contributed by atoms with E-state index in [1.807, 2.05) is 0 Å². The monoisotopic (exact) mass is 210 g/mol. The van der Waals surface area contributed by atoms with E-state index in [-0.39, 0.29) is 5.78 Å². The summed E-state index contributed by atoms with van der Waals surface area (Å²) in [5.74, 6) is 0.864. The fourth-order valence-corrected chi connectivity index (χ4v) is 2.52. The molecule has 0 amide bonds. The molecule has 0 aromatic rings. The largest absolute Gasteiger partial charge is 0.370 e. The number of ether oxygens (including phenoxy) is 1. The van der Waals surface area contributed by atoms with Crippen LogP contribution in [0.3, 0.4) is 0 Å². The van der Waals surface area contributed by atoms with Gasteiger partial charge in [0.1, 0.15) is 5.60 Å². The highest BCUT2D eigenvalue weighted by Crippen LogP contribution is 2.36. The van der Waals surface area contributed by atoms with Gasteiger partial charge in [-0.25, -0.2) is 0 Å². The molecule has 1 aliphatic rings. The van der Waals surface area contributed by atoms with Gasteiger partial charge in [-0.05, 0) is 31.6 Å². The van der Waals surface area contributed by atoms with Gasteiger partial charge in [-0.1, -0.05) is 19.4 Å². The van der Waals surface area contributed by atoms with Crippen LogP contribution in [0.4, 0.5) is 0 Å². The molecule has 0 heterocycles. The number of carbonyl (C=O) groups excluding carboxylic acids is 1. The van der Waals surface area contributed by atoms with Crippen molar-refractivity contribution in [2.75, 3.05) is 7.11 Å². The van der Waals surface area contributed by atoms with Gasteiger partial charge in [0.2, 0.25) is 0 Å². The summed E-state index contributed by atoms with van der Waals surface area (Å²) in [6, 6.07) is 0. The number of allylic oxidation sites excluding steroid dienone is 1. The molecule has 86 valence electrons. The molecule has 1 fully saturated rings. The van der Waals surface area contributed by atoms with Gasteiger partial charge >= 0.3 is 0 Å². The molecule has 1 aliphatic carbocycles. The van der Waals surface area contributed by atoms with Crippen molar-refractivity contribution < 1.29 is 9.53 Å². The Morgan fingerprint density at radius 3 is 2.93 bits per heavy atom. The zero-order chi connectivity index (χ0) is 11.3. The Kier molecular flexibility index (Phi) is 4.52. The molecule has 2 nitrogen and oxygen atoms in total. The molecule has 0 aromatic carbocycles. The van der Waals surface area contributed by atoms with Crippen molar-refractivity contribution in [1.29, 1.82) is 0 Å². The van der Waals surface area contributed by atoms with Crippen LogP contribution < -0.4 is 0 Å². The van der Waals surface area contributed by atoms with Crippen molar-refractivity contribution in [3.8, 4) is 0 Å². The normalized spacial score (nSPS) is 31.2. The minimum atomic E-state index is -0.485. The van der Waals surface area contributed by atoms with Gasteiger partial charge in [-0.15, -0.1) is 6.58 Å². The maximum Gasteiger partial charge on any atom is 0.164 e. The van der Waals surface area contributed by atoms with Crippen LogP contribution >= 0.6 is 0 Å². The molecule has 0 spiro atoms. The Morgan fingerprint density at radius 2 is 2.40 bits per heavy atom. The highest BCUT2D eigenvalue weighted by atomic mass is 16.5. The third-order valence-electron chi connectivity index (χ3n) is 3.43. The lowest BCUT2D eigenvalue weighted by molar-refractivity contribution is -0.147. The highest BCUT2D eigenvalue weighted by Gasteiger charge is 2.40. The van der Waals surface area contributed by atoms with Crippen LogP contribution in [0.25, 0.3) is 0 Å². The van der Waals surface area contributed by atoms with Crippen molar-refractivity contribution >= 4 is 5.78 Å². The summed E-state index contributed by atoms with van der Waals surface area (Å²) in [6.45, 7) is 5.85. The standard InChI is InChI=1S/C13H22O2/c1-4-5-8-12(14)13(15-3)9-6-7-11(2)10-13/h4,11H,1,5-10H2,2-3H3. The first kappa shape index (κ1) is 12.4. The number of hydrogen-bond donors (Lipinski definition) is 0. The summed E-state index contributed by atoms with van der Waals surface area (Å²) in [5.41, 5.74) is -0.485. The van der Waals surface area contributed by atoms with Crippen LogP contribution in [0.2, 0.25) is 0 Å². The lowest BCUT2D eigenvalue weighted by atomic mass is 9.75. The van der Waals surface area contributed by atoms with Crippen molar-refractivity contribution in [1.82, 2.24) is 0 Å². The van der Waals surface area contributed by atoms with Gasteiger partial charge in [0.05, 0.1) is 0 Å². The molecule has 0 aliphatic heterocycles. The van der Waals surface area contributed by atoms with Gasteiger partial charge in [0.25, 0.3) is 0 Å². The quantitative estimate of drug-likeness (QED) is 0.652. The van der Waals surface area contributed by atoms with Crippen LogP contribution in [0.1, 0.15) is 45.4 Å². The van der Waals surface area contributed by atoms with Gasteiger partial charge in [0, 0.05) is 13.5 Å². The summed E-state index contributed by atoms with van der Waals surface area (Å²) in [4.78, 5) is 12.1. The van der Waals surface area contributed by atoms with E-state index >= 15 is 0 Å². The summed E-state index contributed by atoms with van der Waals surface area (Å²) in [6.07, 6.45) is 7.24. The van der Waals surface area contributed by atoms with Gasteiger partial charge < -0.3 is 4.74 Å². The van der Waals surface area contributed by atoms with E-state index in [2.05, 4.69) is 13.5 Å². The predicted molar refractivity (Wildman–Crippen MR) is 61.8 cm³/mol. The third-order valence-corrected chi connectivity index (χ3v) is 3.43. The van der Waals surface area contributed by atoms with E-state index in [4.69, 9.17) is 4.74 Å². The third kappa shape index (κ3) is 2.91. The summed E-state index contributed by atoms with van der Waals surface area (Å²) >= 11 is 0. The maximum atomic E-state index is 12.1. The first-order valence-electron chi connectivity index (χ1n) is 5.84. The van der Waals surface area contributed by atoms with E-state index in [9.17, 15) is 4.79 Å². The van der Waals surface area contributed by atoms with Crippen LogP contribution in [-0.4, -0.2) is 18.5 Å². The Hall–Kier alpha value is -0.630. The molecule has 2 unspecified atom stereocenters. The number of rotatable bonds is 5. The predicted octanol–water partition coefficient (Wildman–Crippen LogP) is 3.12. The molecular formula is C13H22O2. The number of methoxy groups -OCH3 is 1. The maximum absolute atomic E-state index is 12.1. The Bertz CT molecular complexity index is 235. The molecule has 1 saturated carbocycles. The fraction of sp³-hybridized carbons (Fsp3) is 0.769. The molecule has 0 aromatic heterocycles. The number of ketones is 1. The smallest absolute Gasteiger partial charge is 0.164 e. The Balaban J connectivity index is 2.65.